The standard InChI is InChI=1S/C30H38N4O2S/c1-7-10-17-33(18-11-8-2)29-32-26(30(4,5)6)24(37-29)19-22-25(21-15-13-12-14-16-21)23(20-31)28(36)34(9-3)27(22)35/h12-16,19H,7-11,17-18H2,1-6H3/b22-19-. The zero-order valence-corrected chi connectivity index (χ0v) is 23.7. The number of imide groups is 1. The van der Waals surface area contributed by atoms with Gasteiger partial charge in [-0.2, -0.15) is 5.26 Å². The molecule has 0 atom stereocenters. The number of thiazole rings is 1. The number of likely N-dealkylation sites (N-methyl/N-ethyl adjacent to an activating group) is 1. The number of unbranched alkanes of at least 4 members (excludes halogenated alkanes) is 2. The number of aromatic nitrogens is 1. The van der Waals surface area contributed by atoms with E-state index in [1.54, 1.807) is 18.3 Å². The highest BCUT2D eigenvalue weighted by molar-refractivity contribution is 7.16. The van der Waals surface area contributed by atoms with E-state index in [0.717, 1.165) is 59.4 Å². The lowest BCUT2D eigenvalue weighted by Gasteiger charge is -2.28. The number of nitrogens with zero attached hydrogens (tertiary/aromatic N) is 4. The summed E-state index contributed by atoms with van der Waals surface area (Å²) in [6.45, 7) is 14.6. The molecule has 2 heterocycles. The van der Waals surface area contributed by atoms with Crippen molar-refractivity contribution in [1.82, 2.24) is 9.88 Å². The van der Waals surface area contributed by atoms with Gasteiger partial charge in [0.15, 0.2) is 5.13 Å². The smallest absolute Gasteiger partial charge is 0.272 e. The molecule has 0 saturated heterocycles. The summed E-state index contributed by atoms with van der Waals surface area (Å²) >= 11 is 1.58. The fourth-order valence-corrected chi connectivity index (χ4v) is 5.64. The number of carbonyl (C=O) groups excluding carboxylic acids is 2. The van der Waals surface area contributed by atoms with Gasteiger partial charge in [0.1, 0.15) is 11.6 Å². The number of anilines is 1. The van der Waals surface area contributed by atoms with Crippen LogP contribution in [-0.2, 0) is 15.0 Å². The summed E-state index contributed by atoms with van der Waals surface area (Å²) in [4.78, 5) is 36.2. The van der Waals surface area contributed by atoms with Crippen LogP contribution in [0.5, 0.6) is 0 Å². The molecule has 0 spiro atoms. The van der Waals surface area contributed by atoms with Crippen LogP contribution in [-0.4, -0.2) is 41.3 Å². The van der Waals surface area contributed by atoms with Gasteiger partial charge < -0.3 is 4.90 Å². The highest BCUT2D eigenvalue weighted by atomic mass is 32.1. The summed E-state index contributed by atoms with van der Waals surface area (Å²) < 4.78 is 0. The van der Waals surface area contributed by atoms with Crippen molar-refractivity contribution in [2.45, 2.75) is 72.6 Å². The normalized spacial score (nSPS) is 15.5. The topological polar surface area (TPSA) is 77.3 Å². The minimum absolute atomic E-state index is 0.00605. The lowest BCUT2D eigenvalue weighted by atomic mass is 9.86. The molecule has 0 N–H and O–H groups in total. The Morgan fingerprint density at radius 2 is 1.65 bits per heavy atom. The quantitative estimate of drug-likeness (QED) is 0.262. The first kappa shape index (κ1) is 28.3. The van der Waals surface area contributed by atoms with Crippen LogP contribution in [0.4, 0.5) is 5.13 Å². The number of carbonyl (C=O) groups is 2. The fraction of sp³-hybridized carbons (Fsp3) is 0.467. The van der Waals surface area contributed by atoms with Crippen LogP contribution in [0.3, 0.4) is 0 Å². The number of nitriles is 1. The van der Waals surface area contributed by atoms with E-state index in [1.165, 1.54) is 0 Å². The molecule has 0 saturated carbocycles. The van der Waals surface area contributed by atoms with Crippen molar-refractivity contribution in [2.75, 3.05) is 24.5 Å². The molecule has 3 rings (SSSR count). The first-order valence-electron chi connectivity index (χ1n) is 13.2. The Morgan fingerprint density at radius 3 is 2.16 bits per heavy atom. The van der Waals surface area contributed by atoms with Crippen LogP contribution in [0, 0.1) is 11.3 Å². The van der Waals surface area contributed by atoms with Gasteiger partial charge in [-0.1, -0.05) is 89.1 Å². The van der Waals surface area contributed by atoms with E-state index in [1.807, 2.05) is 36.4 Å². The van der Waals surface area contributed by atoms with E-state index in [2.05, 4.69) is 45.6 Å². The summed E-state index contributed by atoms with van der Waals surface area (Å²) in [6.07, 6.45) is 6.24. The summed E-state index contributed by atoms with van der Waals surface area (Å²) in [5.41, 5.74) is 2.09. The molecule has 1 aliphatic rings. The van der Waals surface area contributed by atoms with E-state index in [0.29, 0.717) is 16.7 Å². The third-order valence-electron chi connectivity index (χ3n) is 6.41. The molecule has 1 aliphatic heterocycles. The minimum Gasteiger partial charge on any atom is -0.348 e. The number of benzene rings is 1. The average molecular weight is 519 g/mol. The van der Waals surface area contributed by atoms with E-state index >= 15 is 0 Å². The Kier molecular flexibility index (Phi) is 9.45. The van der Waals surface area contributed by atoms with Gasteiger partial charge in [-0.3, -0.25) is 14.5 Å². The zero-order valence-electron chi connectivity index (χ0n) is 22.9. The Hall–Kier alpha value is -3.24. The molecule has 196 valence electrons. The molecule has 0 radical (unpaired) electrons. The van der Waals surface area contributed by atoms with Gasteiger partial charge in [0, 0.05) is 30.6 Å². The van der Waals surface area contributed by atoms with E-state index < -0.39 is 5.91 Å². The highest BCUT2D eigenvalue weighted by Gasteiger charge is 2.37. The van der Waals surface area contributed by atoms with Crippen molar-refractivity contribution in [3.63, 3.8) is 0 Å². The maximum Gasteiger partial charge on any atom is 0.272 e. The average Bonchev–Trinajstić information content (AvgIpc) is 3.31. The van der Waals surface area contributed by atoms with E-state index in [9.17, 15) is 14.9 Å². The third-order valence-corrected chi connectivity index (χ3v) is 7.47. The monoisotopic (exact) mass is 518 g/mol. The summed E-state index contributed by atoms with van der Waals surface area (Å²) in [5, 5.41) is 10.9. The maximum absolute atomic E-state index is 13.7. The Bertz CT molecular complexity index is 1220. The van der Waals surface area contributed by atoms with Gasteiger partial charge in [-0.05, 0) is 31.4 Å². The SMILES string of the molecule is CCCCN(CCCC)c1nc(C(C)(C)C)c(/C=C2\C(=O)N(CC)C(=O)C(C#N)=C2c2ccccc2)s1. The molecular formula is C30H38N4O2S. The van der Waals surface area contributed by atoms with Crippen LogP contribution in [0.25, 0.3) is 11.6 Å². The van der Waals surface area contributed by atoms with Gasteiger partial charge in [0.2, 0.25) is 0 Å². The molecule has 1 aromatic heterocycles. The molecule has 0 fully saturated rings. The minimum atomic E-state index is -0.544. The Balaban J connectivity index is 2.26. The predicted molar refractivity (Wildman–Crippen MR) is 152 cm³/mol. The van der Waals surface area contributed by atoms with Gasteiger partial charge in [0.25, 0.3) is 11.8 Å². The first-order valence-corrected chi connectivity index (χ1v) is 14.0. The van der Waals surface area contributed by atoms with Crippen molar-refractivity contribution >= 4 is 39.9 Å². The van der Waals surface area contributed by atoms with Crippen LogP contribution >= 0.6 is 11.3 Å². The van der Waals surface area contributed by atoms with Gasteiger partial charge in [-0.15, -0.1) is 0 Å². The summed E-state index contributed by atoms with van der Waals surface area (Å²) in [6, 6.07) is 11.3. The number of hydrogen-bond donors (Lipinski definition) is 0. The van der Waals surface area contributed by atoms with Crippen LogP contribution in [0.2, 0.25) is 0 Å². The molecular weight excluding hydrogens is 480 g/mol. The second-order valence-electron chi connectivity index (χ2n) is 10.3. The molecule has 37 heavy (non-hydrogen) atoms. The molecule has 2 amide bonds. The van der Waals surface area contributed by atoms with Crippen molar-refractivity contribution in [1.29, 1.82) is 5.26 Å². The summed E-state index contributed by atoms with van der Waals surface area (Å²) in [5.74, 6) is -0.925. The Labute approximate surface area is 225 Å². The van der Waals surface area contributed by atoms with E-state index in [-0.39, 0.29) is 23.4 Å². The lowest BCUT2D eigenvalue weighted by molar-refractivity contribution is -0.139. The van der Waals surface area contributed by atoms with Crippen molar-refractivity contribution in [3.05, 3.63) is 57.6 Å². The Morgan fingerprint density at radius 1 is 1.03 bits per heavy atom. The first-order chi connectivity index (χ1) is 17.7. The van der Waals surface area contributed by atoms with Crippen molar-refractivity contribution in [2.24, 2.45) is 0 Å². The number of rotatable bonds is 10. The largest absolute Gasteiger partial charge is 0.348 e. The van der Waals surface area contributed by atoms with E-state index in [4.69, 9.17) is 4.98 Å². The molecule has 0 unspecified atom stereocenters. The number of amides is 2. The lowest BCUT2D eigenvalue weighted by Crippen LogP contribution is -2.42. The van der Waals surface area contributed by atoms with Crippen molar-refractivity contribution in [3.8, 4) is 6.07 Å². The zero-order chi connectivity index (χ0) is 27.2. The predicted octanol–water partition coefficient (Wildman–Crippen LogP) is 6.60. The maximum atomic E-state index is 13.7. The highest BCUT2D eigenvalue weighted by Crippen LogP contribution is 2.40. The van der Waals surface area contributed by atoms with Crippen LogP contribution in [0.15, 0.2) is 41.5 Å². The second kappa shape index (κ2) is 12.3. The molecule has 6 nitrogen and oxygen atoms in total. The molecule has 0 bridgehead atoms. The van der Waals surface area contributed by atoms with Gasteiger partial charge >= 0.3 is 0 Å². The molecule has 0 aliphatic carbocycles. The van der Waals surface area contributed by atoms with Crippen LogP contribution < -0.4 is 4.90 Å². The fourth-order valence-electron chi connectivity index (χ4n) is 4.37. The van der Waals surface area contributed by atoms with Gasteiger partial charge in [0.05, 0.1) is 16.1 Å². The second-order valence-corrected chi connectivity index (χ2v) is 11.3. The summed E-state index contributed by atoms with van der Waals surface area (Å²) in [7, 11) is 0. The molecule has 2 aromatic rings. The van der Waals surface area contributed by atoms with Crippen molar-refractivity contribution < 1.29 is 9.59 Å². The van der Waals surface area contributed by atoms with Gasteiger partial charge in [-0.25, -0.2) is 4.98 Å². The molecule has 1 aromatic carbocycles. The van der Waals surface area contributed by atoms with Crippen LogP contribution in [0.1, 0.15) is 83.4 Å². The number of hydrogen-bond acceptors (Lipinski definition) is 6. The molecule has 7 heteroatoms. The third kappa shape index (κ3) is 6.19.